The maximum Gasteiger partial charge on any atom is 0.169 e. The number of likely N-dealkylation sites (tertiary alicyclic amines) is 1. The van der Waals surface area contributed by atoms with E-state index in [2.05, 4.69) is 74.4 Å². The first-order valence-corrected chi connectivity index (χ1v) is 20.8. The molecule has 0 amide bonds. The minimum Gasteiger partial charge on any atom is -0.344 e. The van der Waals surface area contributed by atoms with Gasteiger partial charge in [0, 0.05) is 19.4 Å². The van der Waals surface area contributed by atoms with E-state index in [4.69, 9.17) is 9.47 Å². The van der Waals surface area contributed by atoms with E-state index >= 15 is 0 Å². The summed E-state index contributed by atoms with van der Waals surface area (Å²) in [4.78, 5) is 2.45. The van der Waals surface area contributed by atoms with Crippen LogP contribution in [0.2, 0.25) is 0 Å². The molecule has 2 aliphatic heterocycles. The Morgan fingerprint density at radius 2 is 0.917 bits per heavy atom. The maximum atomic E-state index is 6.86. The van der Waals surface area contributed by atoms with Crippen molar-refractivity contribution < 1.29 is 9.47 Å². The highest BCUT2D eigenvalue weighted by molar-refractivity contribution is 4.94. The lowest BCUT2D eigenvalue weighted by atomic mass is 9.98. The summed E-state index contributed by atoms with van der Waals surface area (Å²) in [5.74, 6) is -0.321. The lowest BCUT2D eigenvalue weighted by molar-refractivity contribution is -0.189. The molecular weight excluding hydrogens is 587 g/mol. The Labute approximate surface area is 301 Å². The molecule has 48 heavy (non-hydrogen) atoms. The predicted octanol–water partition coefficient (Wildman–Crippen LogP) is 14.2. The summed E-state index contributed by atoms with van der Waals surface area (Å²) in [6, 6.07) is 0. The highest BCUT2D eigenvalue weighted by Gasteiger charge is 2.47. The molecule has 0 radical (unpaired) electrons. The Hall–Kier alpha value is -1.16. The monoisotopic (exact) mass is 670 g/mol. The molecule has 0 aliphatic carbocycles. The van der Waals surface area contributed by atoms with Gasteiger partial charge in [0.15, 0.2) is 5.79 Å². The third-order valence-electron chi connectivity index (χ3n) is 10.2. The minimum atomic E-state index is -0.321. The molecule has 280 valence electrons. The molecule has 0 aromatic heterocycles. The van der Waals surface area contributed by atoms with Crippen LogP contribution < -0.4 is 0 Å². The molecule has 0 bridgehead atoms. The van der Waals surface area contributed by atoms with Gasteiger partial charge >= 0.3 is 0 Å². The van der Waals surface area contributed by atoms with Crippen LogP contribution in [-0.4, -0.2) is 43.0 Å². The molecule has 0 spiro atoms. The summed E-state index contributed by atoms with van der Waals surface area (Å²) >= 11 is 0. The predicted molar refractivity (Wildman–Crippen MR) is 214 cm³/mol. The maximum absolute atomic E-state index is 6.86. The fourth-order valence-electron chi connectivity index (χ4n) is 7.22. The van der Waals surface area contributed by atoms with Crippen LogP contribution in [0.4, 0.5) is 0 Å². The summed E-state index contributed by atoms with van der Waals surface area (Å²) in [6.07, 6.45) is 55.1. The van der Waals surface area contributed by atoms with Gasteiger partial charge < -0.3 is 14.4 Å². The van der Waals surface area contributed by atoms with Crippen LogP contribution in [-0.2, 0) is 9.47 Å². The van der Waals surface area contributed by atoms with Crippen molar-refractivity contribution in [1.82, 2.24) is 4.90 Å². The number of rotatable bonds is 30. The standard InChI is InChI=1S/C44H79NO2.CH4/c1-4-6-8-10-12-14-16-18-20-22-24-26-28-30-32-34-38-44(46-42-37-36-40-45(3)41-43(42)47-44)39-35-33-31-29-27-25-23-21-19-17-15-13-11-9-7-5-2;/h12-15,18-21,42-43H,4-11,16-17,22-41H2,1-3H3;1H4/b14-12-,15-13-,20-18-,21-19-;. The van der Waals surface area contributed by atoms with E-state index in [0.717, 1.165) is 38.6 Å². The first kappa shape index (κ1) is 44.9. The van der Waals surface area contributed by atoms with Crippen molar-refractivity contribution >= 4 is 0 Å². The van der Waals surface area contributed by atoms with Crippen molar-refractivity contribution in [3.05, 3.63) is 48.6 Å². The van der Waals surface area contributed by atoms with E-state index in [0.29, 0.717) is 6.10 Å². The normalized spacial score (nSPS) is 20.0. The van der Waals surface area contributed by atoms with Gasteiger partial charge in [-0.1, -0.05) is 147 Å². The van der Waals surface area contributed by atoms with Crippen LogP contribution in [0.5, 0.6) is 0 Å². The second kappa shape index (κ2) is 31.8. The number of allylic oxidation sites excluding steroid dienone is 8. The molecule has 2 saturated heterocycles. The van der Waals surface area contributed by atoms with E-state index in [9.17, 15) is 0 Å². The Morgan fingerprint density at radius 3 is 1.38 bits per heavy atom. The molecule has 2 fully saturated rings. The fraction of sp³-hybridized carbons (Fsp3) is 0.822. The van der Waals surface area contributed by atoms with Crippen molar-refractivity contribution in [3.63, 3.8) is 0 Å². The number of nitrogens with zero attached hydrogens (tertiary/aromatic N) is 1. The van der Waals surface area contributed by atoms with Gasteiger partial charge in [-0.15, -0.1) is 0 Å². The van der Waals surface area contributed by atoms with Crippen molar-refractivity contribution in [2.75, 3.05) is 20.1 Å². The quantitative estimate of drug-likeness (QED) is 0.0561. The molecule has 2 rings (SSSR count). The minimum absolute atomic E-state index is 0. The first-order valence-electron chi connectivity index (χ1n) is 20.8. The molecule has 3 nitrogen and oxygen atoms in total. The molecular formula is C45H83NO2. The average molecular weight is 670 g/mol. The fourth-order valence-corrected chi connectivity index (χ4v) is 7.22. The number of ether oxygens (including phenoxy) is 2. The van der Waals surface area contributed by atoms with Gasteiger partial charge in [0.25, 0.3) is 0 Å². The summed E-state index contributed by atoms with van der Waals surface area (Å²) in [7, 11) is 2.25. The molecule has 2 heterocycles. The van der Waals surface area contributed by atoms with Crippen molar-refractivity contribution in [2.45, 2.75) is 219 Å². The number of likely N-dealkylation sites (N-methyl/N-ethyl adjacent to an activating group) is 1. The van der Waals surface area contributed by atoms with Gasteiger partial charge in [-0.05, 0) is 103 Å². The molecule has 0 aromatic carbocycles. The molecule has 0 N–H and O–H groups in total. The smallest absolute Gasteiger partial charge is 0.169 e. The molecule has 2 atom stereocenters. The summed E-state index contributed by atoms with van der Waals surface area (Å²) in [6.45, 7) is 6.74. The van der Waals surface area contributed by atoms with Gasteiger partial charge in [-0.3, -0.25) is 0 Å². The molecule has 0 aromatic rings. The third-order valence-corrected chi connectivity index (χ3v) is 10.2. The average Bonchev–Trinajstić information content (AvgIpc) is 3.30. The summed E-state index contributed by atoms with van der Waals surface area (Å²) in [5, 5.41) is 0. The largest absolute Gasteiger partial charge is 0.344 e. The van der Waals surface area contributed by atoms with Crippen LogP contribution in [0, 0.1) is 0 Å². The molecule has 2 unspecified atom stereocenters. The lowest BCUT2D eigenvalue weighted by Gasteiger charge is -2.29. The van der Waals surface area contributed by atoms with E-state index in [1.54, 1.807) is 0 Å². The Kier molecular flexibility index (Phi) is 29.7. The zero-order valence-electron chi connectivity index (χ0n) is 31.8. The summed E-state index contributed by atoms with van der Waals surface area (Å²) in [5.41, 5.74) is 0. The van der Waals surface area contributed by atoms with Crippen molar-refractivity contribution in [2.24, 2.45) is 0 Å². The van der Waals surface area contributed by atoms with E-state index in [-0.39, 0.29) is 19.3 Å². The molecule has 2 aliphatic rings. The zero-order valence-corrected chi connectivity index (χ0v) is 31.8. The van der Waals surface area contributed by atoms with Crippen LogP contribution in [0.3, 0.4) is 0 Å². The lowest BCUT2D eigenvalue weighted by Crippen LogP contribution is -2.35. The zero-order chi connectivity index (χ0) is 33.5. The van der Waals surface area contributed by atoms with Gasteiger partial charge in [0.2, 0.25) is 0 Å². The van der Waals surface area contributed by atoms with Crippen molar-refractivity contribution in [1.29, 1.82) is 0 Å². The molecule has 0 saturated carbocycles. The van der Waals surface area contributed by atoms with Crippen LogP contribution in [0.25, 0.3) is 0 Å². The van der Waals surface area contributed by atoms with Crippen LogP contribution in [0.1, 0.15) is 201 Å². The topological polar surface area (TPSA) is 21.7 Å². The van der Waals surface area contributed by atoms with Crippen LogP contribution in [0.15, 0.2) is 48.6 Å². The van der Waals surface area contributed by atoms with Gasteiger partial charge in [0.1, 0.15) is 0 Å². The number of hydrogen-bond donors (Lipinski definition) is 0. The van der Waals surface area contributed by atoms with Gasteiger partial charge in [-0.2, -0.15) is 0 Å². The Morgan fingerprint density at radius 1 is 0.521 bits per heavy atom. The van der Waals surface area contributed by atoms with Crippen molar-refractivity contribution in [3.8, 4) is 0 Å². The number of fused-ring (bicyclic) bond motifs is 1. The molecule has 3 heteroatoms. The second-order valence-electron chi connectivity index (χ2n) is 14.8. The van der Waals surface area contributed by atoms with Gasteiger partial charge in [0.05, 0.1) is 12.2 Å². The van der Waals surface area contributed by atoms with Crippen LogP contribution >= 0.6 is 0 Å². The highest BCUT2D eigenvalue weighted by Crippen LogP contribution is 2.40. The van der Waals surface area contributed by atoms with E-state index in [1.165, 1.54) is 154 Å². The second-order valence-corrected chi connectivity index (χ2v) is 14.8. The Balaban J connectivity index is 0.0000115. The third kappa shape index (κ3) is 23.3. The number of unbranched alkanes of at least 4 members (excludes halogenated alkanes) is 18. The SMILES string of the molecule is C.CCCCC/C=C\C/C=C\CCCCCCCCC1(CCCCCCCC/C=C\C/C=C\CCCCC)OC2CCCN(C)CC2O1. The van der Waals surface area contributed by atoms with Gasteiger partial charge in [-0.25, -0.2) is 0 Å². The first-order chi connectivity index (χ1) is 23.2. The number of hydrogen-bond acceptors (Lipinski definition) is 3. The highest BCUT2D eigenvalue weighted by atomic mass is 16.8. The van der Waals surface area contributed by atoms with E-state index in [1.807, 2.05) is 0 Å². The Bertz CT molecular complexity index is 766. The van der Waals surface area contributed by atoms with E-state index < -0.39 is 0 Å². The summed E-state index contributed by atoms with van der Waals surface area (Å²) < 4.78 is 13.7.